The lowest BCUT2D eigenvalue weighted by Gasteiger charge is -2.32. The number of aliphatic carboxylic acids is 1. The zero-order valence-electron chi connectivity index (χ0n) is 11.4. The van der Waals surface area contributed by atoms with Crippen LogP contribution in [0.1, 0.15) is 40.9 Å². The first-order valence-electron chi connectivity index (χ1n) is 6.74. The number of hydrogen-bond donors (Lipinski definition) is 1. The van der Waals surface area contributed by atoms with E-state index < -0.39 is 5.97 Å². The summed E-state index contributed by atoms with van der Waals surface area (Å²) in [4.78, 5) is 26.1. The van der Waals surface area contributed by atoms with Crippen molar-refractivity contribution >= 4 is 39.1 Å². The first kappa shape index (κ1) is 15.5. The smallest absolute Gasteiger partial charge is 0.303 e. The minimum atomic E-state index is -0.760. The number of hydrogen-bond acceptors (Lipinski definition) is 3. The molecule has 1 aromatic heterocycles. The van der Waals surface area contributed by atoms with Crippen molar-refractivity contribution in [2.75, 3.05) is 13.1 Å². The third-order valence-corrected chi connectivity index (χ3v) is 5.36. The Balaban J connectivity index is 1.99. The SMILES string of the molecule is Cc1cc(C(=O)N2CCCC(CCC(=O)O)C2)c(Br)s1. The van der Waals surface area contributed by atoms with Crippen molar-refractivity contribution in [1.82, 2.24) is 4.90 Å². The number of carboxylic acids is 1. The summed E-state index contributed by atoms with van der Waals surface area (Å²) < 4.78 is 0.882. The largest absolute Gasteiger partial charge is 0.481 e. The van der Waals surface area contributed by atoms with Crippen LogP contribution in [0, 0.1) is 12.8 Å². The molecule has 110 valence electrons. The fraction of sp³-hybridized carbons (Fsp3) is 0.571. The summed E-state index contributed by atoms with van der Waals surface area (Å²) in [6, 6.07) is 1.91. The maximum atomic E-state index is 12.5. The van der Waals surface area contributed by atoms with Gasteiger partial charge in [0.1, 0.15) is 0 Å². The molecular formula is C14H18BrNO3S. The Hall–Kier alpha value is -0.880. The van der Waals surface area contributed by atoms with Gasteiger partial charge in [-0.25, -0.2) is 0 Å². The van der Waals surface area contributed by atoms with Gasteiger partial charge in [-0.15, -0.1) is 11.3 Å². The van der Waals surface area contributed by atoms with Crippen LogP contribution in [0.2, 0.25) is 0 Å². The molecule has 1 N–H and O–H groups in total. The molecule has 1 aromatic rings. The number of thiophene rings is 1. The molecule has 1 fully saturated rings. The predicted octanol–water partition coefficient (Wildman–Crippen LogP) is 3.54. The summed E-state index contributed by atoms with van der Waals surface area (Å²) >= 11 is 5.01. The number of carboxylic acid groups (broad SMARTS) is 1. The highest BCUT2D eigenvalue weighted by Gasteiger charge is 2.26. The molecule has 2 heterocycles. The van der Waals surface area contributed by atoms with Gasteiger partial charge in [-0.3, -0.25) is 9.59 Å². The summed E-state index contributed by atoms with van der Waals surface area (Å²) in [5.74, 6) is -0.395. The van der Waals surface area contributed by atoms with Gasteiger partial charge in [0, 0.05) is 24.4 Å². The highest BCUT2D eigenvalue weighted by Crippen LogP contribution is 2.30. The van der Waals surface area contributed by atoms with Gasteiger partial charge in [-0.1, -0.05) is 0 Å². The molecule has 0 aromatic carbocycles. The summed E-state index contributed by atoms with van der Waals surface area (Å²) in [7, 11) is 0. The van der Waals surface area contributed by atoms with Crippen molar-refractivity contribution in [3.63, 3.8) is 0 Å². The second-order valence-electron chi connectivity index (χ2n) is 5.24. The van der Waals surface area contributed by atoms with Crippen LogP contribution < -0.4 is 0 Å². The van der Waals surface area contributed by atoms with Gasteiger partial charge in [0.15, 0.2) is 0 Å². The average molecular weight is 360 g/mol. The Labute approximate surface area is 130 Å². The summed E-state index contributed by atoms with van der Waals surface area (Å²) in [5, 5.41) is 8.75. The van der Waals surface area contributed by atoms with Gasteiger partial charge in [0.25, 0.3) is 5.91 Å². The Bertz CT molecular complexity index is 515. The highest BCUT2D eigenvalue weighted by atomic mass is 79.9. The summed E-state index contributed by atoms with van der Waals surface area (Å²) in [5.41, 5.74) is 0.728. The van der Waals surface area contributed by atoms with Crippen LogP contribution in [0.4, 0.5) is 0 Å². The van der Waals surface area contributed by atoms with Crippen molar-refractivity contribution in [1.29, 1.82) is 0 Å². The van der Waals surface area contributed by atoms with Gasteiger partial charge in [0.2, 0.25) is 0 Å². The van der Waals surface area contributed by atoms with Crippen LogP contribution in [-0.2, 0) is 4.79 Å². The van der Waals surface area contributed by atoms with Gasteiger partial charge in [0.05, 0.1) is 9.35 Å². The molecule has 4 nitrogen and oxygen atoms in total. The van der Waals surface area contributed by atoms with Crippen LogP contribution in [0.15, 0.2) is 9.85 Å². The molecule has 1 unspecified atom stereocenters. The number of likely N-dealkylation sites (tertiary alicyclic amines) is 1. The molecule has 0 radical (unpaired) electrons. The van der Waals surface area contributed by atoms with E-state index in [2.05, 4.69) is 15.9 Å². The molecule has 0 saturated carbocycles. The van der Waals surface area contributed by atoms with E-state index in [4.69, 9.17) is 5.11 Å². The molecule has 1 aliphatic rings. The lowest BCUT2D eigenvalue weighted by molar-refractivity contribution is -0.137. The number of halogens is 1. The van der Waals surface area contributed by atoms with Gasteiger partial charge < -0.3 is 10.0 Å². The summed E-state index contributed by atoms with van der Waals surface area (Å²) in [6.07, 6.45) is 2.81. The third kappa shape index (κ3) is 3.82. The zero-order valence-corrected chi connectivity index (χ0v) is 13.8. The molecule has 0 aliphatic carbocycles. The zero-order chi connectivity index (χ0) is 14.7. The molecule has 0 bridgehead atoms. The number of carbonyl (C=O) groups excluding carboxylic acids is 1. The van der Waals surface area contributed by atoms with E-state index in [1.165, 1.54) is 0 Å². The number of piperidine rings is 1. The van der Waals surface area contributed by atoms with E-state index in [1.54, 1.807) is 11.3 Å². The van der Waals surface area contributed by atoms with Crippen molar-refractivity contribution in [2.24, 2.45) is 5.92 Å². The molecule has 1 amide bonds. The van der Waals surface area contributed by atoms with Gasteiger partial charge >= 0.3 is 5.97 Å². The fourth-order valence-electron chi connectivity index (χ4n) is 2.61. The van der Waals surface area contributed by atoms with Crippen LogP contribution in [0.25, 0.3) is 0 Å². The van der Waals surface area contributed by atoms with Gasteiger partial charge in [-0.05, 0) is 54.1 Å². The van der Waals surface area contributed by atoms with E-state index in [-0.39, 0.29) is 12.3 Å². The molecule has 1 atom stereocenters. The van der Waals surface area contributed by atoms with Crippen molar-refractivity contribution in [2.45, 2.75) is 32.6 Å². The molecule has 2 rings (SSSR count). The molecule has 20 heavy (non-hydrogen) atoms. The molecule has 1 aliphatic heterocycles. The molecular weight excluding hydrogens is 342 g/mol. The van der Waals surface area contributed by atoms with E-state index in [0.29, 0.717) is 18.9 Å². The minimum Gasteiger partial charge on any atom is -0.481 e. The fourth-order valence-corrected chi connectivity index (χ4v) is 4.38. The van der Waals surface area contributed by atoms with E-state index in [9.17, 15) is 9.59 Å². The number of carbonyl (C=O) groups is 2. The second kappa shape index (κ2) is 6.72. The van der Waals surface area contributed by atoms with Crippen LogP contribution in [0.3, 0.4) is 0 Å². The lowest BCUT2D eigenvalue weighted by atomic mass is 9.93. The quantitative estimate of drug-likeness (QED) is 0.894. The predicted molar refractivity (Wildman–Crippen MR) is 82.3 cm³/mol. The Morgan fingerprint density at radius 3 is 2.90 bits per heavy atom. The van der Waals surface area contributed by atoms with Crippen LogP contribution in [-0.4, -0.2) is 35.0 Å². The number of rotatable bonds is 4. The highest BCUT2D eigenvalue weighted by molar-refractivity contribution is 9.11. The normalized spacial score (nSPS) is 19.1. The molecule has 1 saturated heterocycles. The van der Waals surface area contributed by atoms with Crippen LogP contribution >= 0.6 is 27.3 Å². The lowest BCUT2D eigenvalue weighted by Crippen LogP contribution is -2.40. The van der Waals surface area contributed by atoms with Crippen molar-refractivity contribution < 1.29 is 14.7 Å². The monoisotopic (exact) mass is 359 g/mol. The van der Waals surface area contributed by atoms with Crippen molar-refractivity contribution in [3.05, 3.63) is 20.3 Å². The molecule has 6 heteroatoms. The minimum absolute atomic E-state index is 0.0567. The maximum Gasteiger partial charge on any atom is 0.303 e. The standard InChI is InChI=1S/C14H18BrNO3S/c1-9-7-11(13(15)20-9)14(19)16-6-2-3-10(8-16)4-5-12(17)18/h7,10H,2-6,8H2,1H3,(H,17,18). The Morgan fingerprint density at radius 2 is 2.30 bits per heavy atom. The first-order chi connectivity index (χ1) is 9.47. The van der Waals surface area contributed by atoms with E-state index in [1.807, 2.05) is 17.9 Å². The first-order valence-corrected chi connectivity index (χ1v) is 8.35. The van der Waals surface area contributed by atoms with E-state index >= 15 is 0 Å². The number of nitrogens with zero attached hydrogens (tertiary/aromatic N) is 1. The van der Waals surface area contributed by atoms with Crippen molar-refractivity contribution in [3.8, 4) is 0 Å². The van der Waals surface area contributed by atoms with Gasteiger partial charge in [-0.2, -0.15) is 0 Å². The Kier molecular flexibility index (Phi) is 5.21. The third-order valence-electron chi connectivity index (χ3n) is 3.61. The number of aryl methyl sites for hydroxylation is 1. The summed E-state index contributed by atoms with van der Waals surface area (Å²) in [6.45, 7) is 3.43. The Morgan fingerprint density at radius 1 is 1.55 bits per heavy atom. The maximum absolute atomic E-state index is 12.5. The average Bonchev–Trinajstić information content (AvgIpc) is 2.75. The molecule has 0 spiro atoms. The topological polar surface area (TPSA) is 57.6 Å². The van der Waals surface area contributed by atoms with E-state index in [0.717, 1.165) is 33.6 Å². The second-order valence-corrected chi connectivity index (χ2v) is 7.81. The number of amides is 1. The van der Waals surface area contributed by atoms with Crippen LogP contribution in [0.5, 0.6) is 0 Å².